The number of hydrogen-bond donors (Lipinski definition) is 2. The Kier molecular flexibility index (Phi) is 5.51. The molecule has 3 rings (SSSR count). The molecule has 0 bridgehead atoms. The van der Waals surface area contributed by atoms with Crippen LogP contribution in [0, 0.1) is 5.92 Å². The maximum Gasteiger partial charge on any atom is 0.243 e. The van der Waals surface area contributed by atoms with Gasteiger partial charge in [-0.05, 0) is 36.8 Å². The lowest BCUT2D eigenvalue weighted by Gasteiger charge is -2.26. The Labute approximate surface area is 143 Å². The highest BCUT2D eigenvalue weighted by molar-refractivity contribution is 5.89. The summed E-state index contributed by atoms with van der Waals surface area (Å²) in [5, 5.41) is 12.3. The summed E-state index contributed by atoms with van der Waals surface area (Å²) in [4.78, 5) is 27.0. The van der Waals surface area contributed by atoms with Gasteiger partial charge in [-0.3, -0.25) is 9.59 Å². The SMILES string of the molecule is O=C(NCc1ccccc1CO)C1CCCN1C(=O)C1CCCC1. The lowest BCUT2D eigenvalue weighted by atomic mass is 10.1. The van der Waals surface area contributed by atoms with Crippen LogP contribution in [0.5, 0.6) is 0 Å². The third kappa shape index (κ3) is 3.61. The van der Waals surface area contributed by atoms with Gasteiger partial charge in [0.1, 0.15) is 6.04 Å². The molecule has 1 saturated heterocycles. The van der Waals surface area contributed by atoms with E-state index in [1.165, 1.54) is 0 Å². The summed E-state index contributed by atoms with van der Waals surface area (Å²) in [6.07, 6.45) is 5.81. The van der Waals surface area contributed by atoms with Gasteiger partial charge in [0.25, 0.3) is 0 Å². The van der Waals surface area contributed by atoms with Gasteiger partial charge in [-0.15, -0.1) is 0 Å². The molecule has 24 heavy (non-hydrogen) atoms. The first-order chi connectivity index (χ1) is 11.7. The Balaban J connectivity index is 1.60. The number of hydrogen-bond acceptors (Lipinski definition) is 3. The van der Waals surface area contributed by atoms with Crippen LogP contribution in [0.15, 0.2) is 24.3 Å². The van der Waals surface area contributed by atoms with E-state index in [-0.39, 0.29) is 30.4 Å². The number of carbonyl (C=O) groups excluding carboxylic acids is 2. The Morgan fingerprint density at radius 1 is 1.08 bits per heavy atom. The smallest absolute Gasteiger partial charge is 0.243 e. The van der Waals surface area contributed by atoms with E-state index in [4.69, 9.17) is 0 Å². The zero-order chi connectivity index (χ0) is 16.9. The van der Waals surface area contributed by atoms with E-state index in [0.717, 1.165) is 49.7 Å². The number of nitrogens with zero attached hydrogens (tertiary/aromatic N) is 1. The number of aliphatic hydroxyl groups is 1. The van der Waals surface area contributed by atoms with Crippen molar-refractivity contribution in [1.29, 1.82) is 0 Å². The van der Waals surface area contributed by atoms with Crippen molar-refractivity contribution in [3.05, 3.63) is 35.4 Å². The second-order valence-electron chi connectivity index (χ2n) is 6.82. The zero-order valence-corrected chi connectivity index (χ0v) is 14.0. The molecule has 1 aliphatic heterocycles. The molecular formula is C19H26N2O3. The fraction of sp³-hybridized carbons (Fsp3) is 0.579. The highest BCUT2D eigenvalue weighted by Gasteiger charge is 2.37. The number of carbonyl (C=O) groups is 2. The molecule has 1 aromatic carbocycles. The van der Waals surface area contributed by atoms with Crippen molar-refractivity contribution in [2.24, 2.45) is 5.92 Å². The van der Waals surface area contributed by atoms with E-state index >= 15 is 0 Å². The zero-order valence-electron chi connectivity index (χ0n) is 14.0. The number of likely N-dealkylation sites (tertiary alicyclic amines) is 1. The van der Waals surface area contributed by atoms with Crippen LogP contribution >= 0.6 is 0 Å². The largest absolute Gasteiger partial charge is 0.392 e. The van der Waals surface area contributed by atoms with Crippen molar-refractivity contribution in [3.63, 3.8) is 0 Å². The van der Waals surface area contributed by atoms with Gasteiger partial charge in [0, 0.05) is 19.0 Å². The van der Waals surface area contributed by atoms with Gasteiger partial charge in [0.05, 0.1) is 6.61 Å². The molecular weight excluding hydrogens is 304 g/mol. The van der Waals surface area contributed by atoms with E-state index in [1.807, 2.05) is 24.3 Å². The Bertz CT molecular complexity index is 596. The molecule has 0 aromatic heterocycles. The molecule has 2 amide bonds. The number of amides is 2. The number of benzene rings is 1. The van der Waals surface area contributed by atoms with Gasteiger partial charge in [-0.1, -0.05) is 37.1 Å². The normalized spacial score (nSPS) is 21.2. The van der Waals surface area contributed by atoms with Crippen molar-refractivity contribution in [2.45, 2.75) is 57.7 Å². The molecule has 5 heteroatoms. The predicted octanol–water partition coefficient (Wildman–Crippen LogP) is 1.98. The van der Waals surface area contributed by atoms with E-state index in [0.29, 0.717) is 13.1 Å². The van der Waals surface area contributed by atoms with Gasteiger partial charge in [-0.2, -0.15) is 0 Å². The quantitative estimate of drug-likeness (QED) is 0.867. The monoisotopic (exact) mass is 330 g/mol. The van der Waals surface area contributed by atoms with Crippen LogP contribution in [0.3, 0.4) is 0 Å². The summed E-state index contributed by atoms with van der Waals surface area (Å²) in [6, 6.07) is 7.19. The van der Waals surface area contributed by atoms with E-state index < -0.39 is 0 Å². The van der Waals surface area contributed by atoms with Crippen LogP contribution in [0.4, 0.5) is 0 Å². The van der Waals surface area contributed by atoms with E-state index in [9.17, 15) is 14.7 Å². The summed E-state index contributed by atoms with van der Waals surface area (Å²) in [5.41, 5.74) is 1.74. The molecule has 1 aromatic rings. The molecule has 0 radical (unpaired) electrons. The Morgan fingerprint density at radius 3 is 2.50 bits per heavy atom. The van der Waals surface area contributed by atoms with Crippen molar-refractivity contribution < 1.29 is 14.7 Å². The van der Waals surface area contributed by atoms with Gasteiger partial charge >= 0.3 is 0 Å². The Hall–Kier alpha value is -1.88. The van der Waals surface area contributed by atoms with Crippen LogP contribution in [0.25, 0.3) is 0 Å². The summed E-state index contributed by atoms with van der Waals surface area (Å²) < 4.78 is 0. The first-order valence-corrected chi connectivity index (χ1v) is 8.96. The van der Waals surface area contributed by atoms with E-state index in [1.54, 1.807) is 4.90 Å². The summed E-state index contributed by atoms with van der Waals surface area (Å²) in [5.74, 6) is 0.209. The summed E-state index contributed by atoms with van der Waals surface area (Å²) >= 11 is 0. The van der Waals surface area contributed by atoms with Crippen LogP contribution in [-0.2, 0) is 22.7 Å². The first-order valence-electron chi connectivity index (χ1n) is 8.96. The van der Waals surface area contributed by atoms with Crippen molar-refractivity contribution >= 4 is 11.8 Å². The molecule has 5 nitrogen and oxygen atoms in total. The second-order valence-corrected chi connectivity index (χ2v) is 6.82. The number of rotatable bonds is 5. The van der Waals surface area contributed by atoms with Gasteiger partial charge in [0.2, 0.25) is 11.8 Å². The van der Waals surface area contributed by atoms with Crippen LogP contribution < -0.4 is 5.32 Å². The van der Waals surface area contributed by atoms with E-state index in [2.05, 4.69) is 5.32 Å². The maximum atomic E-state index is 12.7. The number of aliphatic hydroxyl groups excluding tert-OH is 1. The third-order valence-corrected chi connectivity index (χ3v) is 5.28. The minimum Gasteiger partial charge on any atom is -0.392 e. The lowest BCUT2D eigenvalue weighted by Crippen LogP contribution is -2.47. The van der Waals surface area contributed by atoms with Crippen LogP contribution in [0.2, 0.25) is 0 Å². The molecule has 130 valence electrons. The molecule has 1 aliphatic carbocycles. The van der Waals surface area contributed by atoms with Crippen molar-refractivity contribution in [1.82, 2.24) is 10.2 Å². The average Bonchev–Trinajstić information content (AvgIpc) is 3.30. The lowest BCUT2D eigenvalue weighted by molar-refractivity contribution is -0.141. The van der Waals surface area contributed by atoms with Crippen LogP contribution in [-0.4, -0.2) is 34.4 Å². The molecule has 1 heterocycles. The predicted molar refractivity (Wildman–Crippen MR) is 90.9 cm³/mol. The minimum absolute atomic E-state index is 0.0399. The maximum absolute atomic E-state index is 12.7. The topological polar surface area (TPSA) is 69.6 Å². The first kappa shape index (κ1) is 17.0. The summed E-state index contributed by atoms with van der Waals surface area (Å²) in [7, 11) is 0. The molecule has 2 N–H and O–H groups in total. The van der Waals surface area contributed by atoms with Crippen LogP contribution in [0.1, 0.15) is 49.7 Å². The third-order valence-electron chi connectivity index (χ3n) is 5.28. The van der Waals surface area contributed by atoms with Crippen molar-refractivity contribution in [2.75, 3.05) is 6.54 Å². The Morgan fingerprint density at radius 2 is 1.79 bits per heavy atom. The highest BCUT2D eigenvalue weighted by atomic mass is 16.3. The minimum atomic E-state index is -0.334. The molecule has 2 aliphatic rings. The fourth-order valence-corrected chi connectivity index (χ4v) is 3.89. The average molecular weight is 330 g/mol. The van der Waals surface area contributed by atoms with Crippen molar-refractivity contribution in [3.8, 4) is 0 Å². The van der Waals surface area contributed by atoms with Gasteiger partial charge in [-0.25, -0.2) is 0 Å². The van der Waals surface area contributed by atoms with Gasteiger partial charge < -0.3 is 15.3 Å². The standard InChI is InChI=1S/C19H26N2O3/c22-13-16-9-4-3-8-15(16)12-20-18(23)17-10-5-11-21(17)19(24)14-6-1-2-7-14/h3-4,8-9,14,17,22H,1-2,5-7,10-13H2,(H,20,23). The highest BCUT2D eigenvalue weighted by Crippen LogP contribution is 2.29. The number of nitrogens with one attached hydrogen (secondary N) is 1. The fourth-order valence-electron chi connectivity index (χ4n) is 3.89. The summed E-state index contributed by atoms with van der Waals surface area (Å²) in [6.45, 7) is 1.04. The second kappa shape index (κ2) is 7.79. The molecule has 1 atom stereocenters. The molecule has 1 saturated carbocycles. The molecule has 2 fully saturated rings. The van der Waals surface area contributed by atoms with Gasteiger partial charge in [0.15, 0.2) is 0 Å². The molecule has 1 unspecified atom stereocenters. The molecule has 0 spiro atoms.